The minimum atomic E-state index is -1.97. The summed E-state index contributed by atoms with van der Waals surface area (Å²) >= 11 is 0. The molecule has 0 spiro atoms. The number of benzene rings is 1. The maximum atomic E-state index is 11.7. The molecule has 4 aliphatic rings. The fourth-order valence-corrected chi connectivity index (χ4v) is 6.82. The van der Waals surface area contributed by atoms with Crippen molar-refractivity contribution in [1.82, 2.24) is 5.32 Å². The summed E-state index contributed by atoms with van der Waals surface area (Å²) in [6.07, 6.45) is -26.6. The van der Waals surface area contributed by atoms with Gasteiger partial charge in [-0.05, 0) is 36.8 Å². The topological polar surface area (TPSA) is 336 Å². The number of rotatable bonds is 12. The summed E-state index contributed by atoms with van der Waals surface area (Å²) in [6, 6.07) is 3.34. The minimum Gasteiger partial charge on any atom is -0.465 e. The van der Waals surface area contributed by atoms with Crippen molar-refractivity contribution >= 4 is 5.97 Å². The molecule has 3 aliphatic heterocycles. The van der Waals surface area contributed by atoms with E-state index >= 15 is 0 Å². The molecular formula is C33H49NO20. The molecule has 19 unspecified atom stereocenters. The molecule has 21 nitrogen and oxygen atoms in total. The maximum absolute atomic E-state index is 11.7. The van der Waals surface area contributed by atoms with Crippen LogP contribution in [0.15, 0.2) is 35.9 Å². The van der Waals surface area contributed by atoms with E-state index in [4.69, 9.17) is 28.4 Å². The summed E-state index contributed by atoms with van der Waals surface area (Å²) in [5.41, 5.74) is 0.229. The van der Waals surface area contributed by atoms with Gasteiger partial charge in [0.05, 0.1) is 50.7 Å². The Balaban J connectivity index is 1.21. The lowest BCUT2D eigenvalue weighted by atomic mass is 9.86. The maximum Gasteiger partial charge on any atom is 0.337 e. The molecule has 1 aromatic carbocycles. The highest BCUT2D eigenvalue weighted by Crippen LogP contribution is 2.33. The number of aliphatic hydroxyl groups excluding tert-OH is 12. The largest absolute Gasteiger partial charge is 0.465 e. The van der Waals surface area contributed by atoms with Crippen LogP contribution in [0.2, 0.25) is 0 Å². The summed E-state index contributed by atoms with van der Waals surface area (Å²) in [7, 11) is 1.21. The smallest absolute Gasteiger partial charge is 0.337 e. The number of esters is 1. The first-order valence-electron chi connectivity index (χ1n) is 17.2. The van der Waals surface area contributed by atoms with Crippen LogP contribution in [0, 0.1) is 0 Å². The molecule has 0 saturated carbocycles. The van der Waals surface area contributed by atoms with Crippen molar-refractivity contribution in [1.29, 1.82) is 0 Å². The first-order valence-corrected chi connectivity index (χ1v) is 17.2. The molecule has 3 saturated heterocycles. The lowest BCUT2D eigenvalue weighted by Gasteiger charge is -2.48. The van der Waals surface area contributed by atoms with Crippen LogP contribution in [0.1, 0.15) is 17.3 Å². The SMILES string of the molecule is COC(=O)c1ccc(OC2OC(CO)C(OC3OC(CO)C(OC4OC(C)C(NC5C=C(CO)C(O)C(O)C5O)C(O)C4O)C(O)C3O)C(O)C2O)cc1. The highest BCUT2D eigenvalue weighted by Gasteiger charge is 2.54. The number of hydrogen-bond donors (Lipinski definition) is 13. The first kappa shape index (κ1) is 42.6. The molecule has 3 heterocycles. The third kappa shape index (κ3) is 8.73. The van der Waals surface area contributed by atoms with E-state index in [1.54, 1.807) is 0 Å². The number of hydrogen-bond acceptors (Lipinski definition) is 21. The quantitative estimate of drug-likeness (QED) is 0.0692. The zero-order valence-corrected chi connectivity index (χ0v) is 29.1. The first-order chi connectivity index (χ1) is 25.6. The van der Waals surface area contributed by atoms with E-state index in [1.165, 1.54) is 44.4 Å². The molecule has 13 N–H and O–H groups in total. The Hall–Kier alpha value is -2.49. The van der Waals surface area contributed by atoms with Gasteiger partial charge >= 0.3 is 5.97 Å². The summed E-state index contributed by atoms with van der Waals surface area (Å²) in [6.45, 7) is -0.796. The fourth-order valence-electron chi connectivity index (χ4n) is 6.82. The van der Waals surface area contributed by atoms with Gasteiger partial charge in [-0.2, -0.15) is 0 Å². The molecule has 306 valence electrons. The fraction of sp³-hybridized carbons (Fsp3) is 0.727. The zero-order valence-electron chi connectivity index (χ0n) is 29.1. The Bertz CT molecular complexity index is 1400. The van der Waals surface area contributed by atoms with Crippen LogP contribution in [-0.4, -0.2) is 211 Å². The van der Waals surface area contributed by atoms with Gasteiger partial charge in [-0.1, -0.05) is 6.08 Å². The Kier molecular flexibility index (Phi) is 14.4. The van der Waals surface area contributed by atoms with Gasteiger partial charge < -0.3 is 99.8 Å². The Labute approximate surface area is 308 Å². The molecule has 19 atom stereocenters. The predicted octanol–water partition coefficient (Wildman–Crippen LogP) is -6.69. The van der Waals surface area contributed by atoms with E-state index in [0.29, 0.717) is 0 Å². The van der Waals surface area contributed by atoms with Gasteiger partial charge in [0.15, 0.2) is 12.6 Å². The molecule has 3 fully saturated rings. The average Bonchev–Trinajstić information content (AvgIpc) is 3.17. The van der Waals surface area contributed by atoms with Crippen molar-refractivity contribution in [2.45, 2.75) is 123 Å². The van der Waals surface area contributed by atoms with Crippen LogP contribution in [0.4, 0.5) is 0 Å². The second kappa shape index (κ2) is 18.2. The number of carbonyl (C=O) groups excluding carboxylic acids is 1. The van der Waals surface area contributed by atoms with Gasteiger partial charge in [0.2, 0.25) is 6.29 Å². The van der Waals surface area contributed by atoms with Gasteiger partial charge in [0, 0.05) is 0 Å². The second-order valence-corrected chi connectivity index (χ2v) is 13.5. The molecule has 0 amide bonds. The van der Waals surface area contributed by atoms with Crippen LogP contribution >= 0.6 is 0 Å². The van der Waals surface area contributed by atoms with Crippen LogP contribution in [0.5, 0.6) is 5.75 Å². The van der Waals surface area contributed by atoms with E-state index in [2.05, 4.69) is 10.1 Å². The van der Waals surface area contributed by atoms with Crippen LogP contribution in [0.25, 0.3) is 0 Å². The molecule has 1 aromatic rings. The molecule has 5 rings (SSSR count). The second-order valence-electron chi connectivity index (χ2n) is 13.5. The Morgan fingerprint density at radius 1 is 0.685 bits per heavy atom. The van der Waals surface area contributed by atoms with Gasteiger partial charge in [0.25, 0.3) is 0 Å². The van der Waals surface area contributed by atoms with Crippen molar-refractivity contribution < 1.29 is 99.2 Å². The number of aliphatic hydroxyl groups is 12. The highest BCUT2D eigenvalue weighted by molar-refractivity contribution is 5.89. The third-order valence-corrected chi connectivity index (χ3v) is 9.99. The van der Waals surface area contributed by atoms with Gasteiger partial charge in [-0.3, -0.25) is 0 Å². The monoisotopic (exact) mass is 779 g/mol. The van der Waals surface area contributed by atoms with Crippen LogP contribution in [-0.2, 0) is 28.4 Å². The Morgan fingerprint density at radius 3 is 1.74 bits per heavy atom. The standard InChI is InChI=1S/C33H49NO20/c1-11-18(34-15-7-13(8-35)19(38)22(41)20(15)39)21(40)25(44)31(49-11)53-28-17(10-37)52-33(27(46)24(28)43)54-29-16(9-36)51-32(26(45)23(29)42)50-14-5-3-12(4-6-14)30(47)48-2/h3-7,11,15-29,31-46H,8-10H2,1-2H3. The van der Waals surface area contributed by atoms with Gasteiger partial charge in [-0.15, -0.1) is 0 Å². The van der Waals surface area contributed by atoms with E-state index in [1.807, 2.05) is 0 Å². The average molecular weight is 780 g/mol. The normalized spacial score (nSPS) is 44.3. The molecule has 0 aromatic heterocycles. The van der Waals surface area contributed by atoms with Crippen molar-refractivity contribution in [3.05, 3.63) is 41.5 Å². The summed E-state index contributed by atoms with van der Waals surface area (Å²) in [5.74, 6) is -0.474. The number of methoxy groups -OCH3 is 1. The van der Waals surface area contributed by atoms with Crippen LogP contribution in [0.3, 0.4) is 0 Å². The van der Waals surface area contributed by atoms with E-state index in [9.17, 15) is 66.1 Å². The molecule has 54 heavy (non-hydrogen) atoms. The number of nitrogens with one attached hydrogen (secondary N) is 1. The number of ether oxygens (including phenoxy) is 7. The molecule has 21 heteroatoms. The Morgan fingerprint density at radius 2 is 1.20 bits per heavy atom. The van der Waals surface area contributed by atoms with Crippen molar-refractivity contribution in [3.8, 4) is 5.75 Å². The summed E-state index contributed by atoms with van der Waals surface area (Å²) in [5, 5.41) is 129. The van der Waals surface area contributed by atoms with Crippen molar-refractivity contribution in [2.75, 3.05) is 26.9 Å². The van der Waals surface area contributed by atoms with Gasteiger partial charge in [0.1, 0.15) is 85.1 Å². The molecule has 0 bridgehead atoms. The lowest BCUT2D eigenvalue weighted by molar-refractivity contribution is -0.372. The van der Waals surface area contributed by atoms with E-state index < -0.39 is 142 Å². The van der Waals surface area contributed by atoms with E-state index in [-0.39, 0.29) is 16.9 Å². The highest BCUT2D eigenvalue weighted by atomic mass is 16.8. The predicted molar refractivity (Wildman–Crippen MR) is 174 cm³/mol. The summed E-state index contributed by atoms with van der Waals surface area (Å²) in [4.78, 5) is 11.7. The van der Waals surface area contributed by atoms with Gasteiger partial charge in [-0.25, -0.2) is 4.79 Å². The number of carbonyl (C=O) groups is 1. The van der Waals surface area contributed by atoms with Crippen molar-refractivity contribution in [2.24, 2.45) is 0 Å². The molecule has 0 radical (unpaired) electrons. The van der Waals surface area contributed by atoms with Crippen molar-refractivity contribution in [3.63, 3.8) is 0 Å². The van der Waals surface area contributed by atoms with Crippen LogP contribution < -0.4 is 10.1 Å². The zero-order chi connectivity index (χ0) is 39.6. The minimum absolute atomic E-state index is 0.0146. The molecule has 1 aliphatic carbocycles. The third-order valence-electron chi connectivity index (χ3n) is 9.99. The van der Waals surface area contributed by atoms with E-state index in [0.717, 1.165) is 0 Å². The lowest BCUT2D eigenvalue weighted by Crippen LogP contribution is -2.68. The summed E-state index contributed by atoms with van der Waals surface area (Å²) < 4.78 is 38.7. The molecular weight excluding hydrogens is 730 g/mol.